The second-order valence-corrected chi connectivity index (χ2v) is 10.0. The maximum Gasteiger partial charge on any atom is 0.0148 e. The van der Waals surface area contributed by atoms with E-state index in [9.17, 15) is 0 Å². The van der Waals surface area contributed by atoms with Crippen molar-refractivity contribution in [2.45, 2.75) is 102 Å². The smallest absolute Gasteiger partial charge is 0.0148 e. The van der Waals surface area contributed by atoms with Gasteiger partial charge in [0.1, 0.15) is 0 Å². The van der Waals surface area contributed by atoms with Gasteiger partial charge in [-0.25, -0.2) is 0 Å². The van der Waals surface area contributed by atoms with Crippen molar-refractivity contribution < 1.29 is 0 Å². The van der Waals surface area contributed by atoms with E-state index in [1.54, 1.807) is 38.5 Å². The normalized spacial score (nSPS) is 41.7. The number of rotatable bonds is 6. The Balaban J connectivity index is 1.43. The Morgan fingerprint density at radius 2 is 1.41 bits per heavy atom. The van der Waals surface area contributed by atoms with E-state index in [0.29, 0.717) is 0 Å². The highest BCUT2D eigenvalue weighted by molar-refractivity contribution is 9.09. The van der Waals surface area contributed by atoms with Crippen LogP contribution in [0.4, 0.5) is 0 Å². The van der Waals surface area contributed by atoms with Gasteiger partial charge in [0.25, 0.3) is 0 Å². The largest absolute Gasteiger partial charge is 0.0891 e. The van der Waals surface area contributed by atoms with Crippen molar-refractivity contribution in [2.75, 3.05) is 0 Å². The van der Waals surface area contributed by atoms with Crippen LogP contribution < -0.4 is 0 Å². The Kier molecular flexibility index (Phi) is 6.72. The number of alkyl halides is 1. The summed E-state index contributed by atoms with van der Waals surface area (Å²) in [5.74, 6) is 5.51. The molecule has 22 heavy (non-hydrogen) atoms. The van der Waals surface area contributed by atoms with E-state index in [1.807, 2.05) is 0 Å². The van der Waals surface area contributed by atoms with Crippen molar-refractivity contribution in [3.63, 3.8) is 0 Å². The molecule has 1 heteroatoms. The maximum atomic E-state index is 3.89. The average Bonchev–Trinajstić information content (AvgIpc) is 2.54. The molecule has 0 aromatic rings. The van der Waals surface area contributed by atoms with Gasteiger partial charge in [-0.1, -0.05) is 67.8 Å². The molecule has 0 amide bonds. The molecule has 6 atom stereocenters. The molecule has 0 saturated heterocycles. The van der Waals surface area contributed by atoms with Crippen LogP contribution >= 0.6 is 15.9 Å². The number of unbranched alkanes of at least 4 members (excludes halogenated alkanes) is 4. The summed E-state index contributed by atoms with van der Waals surface area (Å²) in [5.41, 5.74) is 0. The predicted octanol–water partition coefficient (Wildman–Crippen LogP) is 7.35. The zero-order valence-electron chi connectivity index (χ0n) is 14.7. The van der Waals surface area contributed by atoms with Crippen LogP contribution in [0.5, 0.6) is 0 Å². The average molecular weight is 369 g/mol. The second-order valence-electron chi connectivity index (χ2n) is 8.72. The third-order valence-corrected chi connectivity index (χ3v) is 8.13. The molecule has 3 aliphatic carbocycles. The minimum absolute atomic E-state index is 0.838. The quantitative estimate of drug-likeness (QED) is 0.339. The van der Waals surface area contributed by atoms with Gasteiger partial charge >= 0.3 is 0 Å². The molecule has 0 spiro atoms. The summed E-state index contributed by atoms with van der Waals surface area (Å²) < 4.78 is 0. The van der Waals surface area contributed by atoms with E-state index in [1.165, 1.54) is 51.4 Å². The van der Waals surface area contributed by atoms with E-state index in [4.69, 9.17) is 0 Å². The zero-order valence-corrected chi connectivity index (χ0v) is 16.3. The Morgan fingerprint density at radius 1 is 0.727 bits per heavy atom. The first-order chi connectivity index (χ1) is 10.8. The lowest BCUT2D eigenvalue weighted by Crippen LogP contribution is -2.41. The first-order valence-corrected chi connectivity index (χ1v) is 11.3. The number of hydrogen-bond donors (Lipinski definition) is 0. The standard InChI is InChI=1S/C21H37Br/c1-2-3-4-5-6-7-16-8-12-20-17(14-16)9-10-18-15-19(22)11-13-21(18)20/h16-21H,2-15H2,1H3/t16-,17?,18?,19-,20?,21?/m0/s1. The van der Waals surface area contributed by atoms with Crippen LogP contribution in [0.1, 0.15) is 96.8 Å². The highest BCUT2D eigenvalue weighted by Gasteiger charge is 2.43. The molecule has 3 rings (SSSR count). The Hall–Kier alpha value is 0.480. The van der Waals surface area contributed by atoms with Gasteiger partial charge in [0.15, 0.2) is 0 Å². The molecule has 0 heterocycles. The molecule has 3 aliphatic rings. The lowest BCUT2D eigenvalue weighted by atomic mass is 9.56. The molecule has 0 N–H and O–H groups in total. The predicted molar refractivity (Wildman–Crippen MR) is 100 cm³/mol. The van der Waals surface area contributed by atoms with Gasteiger partial charge in [0, 0.05) is 4.83 Å². The van der Waals surface area contributed by atoms with E-state index in [0.717, 1.165) is 34.4 Å². The van der Waals surface area contributed by atoms with Crippen molar-refractivity contribution in [3.8, 4) is 0 Å². The van der Waals surface area contributed by atoms with Gasteiger partial charge in [-0.05, 0) is 74.5 Å². The van der Waals surface area contributed by atoms with Crippen LogP contribution in [-0.2, 0) is 0 Å². The molecule has 4 unspecified atom stereocenters. The lowest BCUT2D eigenvalue weighted by molar-refractivity contribution is 0.0119. The molecule has 0 bridgehead atoms. The number of halogens is 1. The highest BCUT2D eigenvalue weighted by Crippen LogP contribution is 2.53. The van der Waals surface area contributed by atoms with Gasteiger partial charge in [-0.15, -0.1) is 0 Å². The molecule has 0 aromatic carbocycles. The SMILES string of the molecule is CCCCCCC[C@H]1CCC2C(CCC3C[C@@H](Br)CCC32)C1. The molecular weight excluding hydrogens is 332 g/mol. The maximum absolute atomic E-state index is 3.89. The molecule has 3 saturated carbocycles. The van der Waals surface area contributed by atoms with Crippen LogP contribution in [0.25, 0.3) is 0 Å². The summed E-state index contributed by atoms with van der Waals surface area (Å²) >= 11 is 3.89. The Bertz CT molecular complexity index is 326. The first-order valence-electron chi connectivity index (χ1n) is 10.4. The molecular formula is C21H37Br. The fraction of sp³-hybridized carbons (Fsp3) is 1.00. The van der Waals surface area contributed by atoms with E-state index < -0.39 is 0 Å². The van der Waals surface area contributed by atoms with Crippen molar-refractivity contribution >= 4 is 15.9 Å². The van der Waals surface area contributed by atoms with E-state index in [-0.39, 0.29) is 0 Å². The van der Waals surface area contributed by atoms with Crippen LogP contribution in [0.15, 0.2) is 0 Å². The fourth-order valence-corrected chi connectivity index (χ4v) is 6.88. The summed E-state index contributed by atoms with van der Waals surface area (Å²) in [7, 11) is 0. The third kappa shape index (κ3) is 4.31. The van der Waals surface area contributed by atoms with Crippen LogP contribution in [0.3, 0.4) is 0 Å². The summed E-state index contributed by atoms with van der Waals surface area (Å²) in [5, 5.41) is 0. The minimum atomic E-state index is 0.838. The zero-order chi connectivity index (χ0) is 15.4. The van der Waals surface area contributed by atoms with Crippen molar-refractivity contribution in [1.29, 1.82) is 0 Å². The molecule has 0 aromatic heterocycles. The highest BCUT2D eigenvalue weighted by atomic mass is 79.9. The summed E-state index contributed by atoms with van der Waals surface area (Å²) in [6.45, 7) is 2.32. The van der Waals surface area contributed by atoms with Gasteiger partial charge in [-0.2, -0.15) is 0 Å². The van der Waals surface area contributed by atoms with Crippen LogP contribution in [0.2, 0.25) is 0 Å². The number of hydrogen-bond acceptors (Lipinski definition) is 0. The lowest BCUT2D eigenvalue weighted by Gasteiger charge is -2.50. The van der Waals surface area contributed by atoms with Crippen LogP contribution in [-0.4, -0.2) is 4.83 Å². The van der Waals surface area contributed by atoms with Gasteiger partial charge in [0.05, 0.1) is 0 Å². The molecule has 3 fully saturated rings. The van der Waals surface area contributed by atoms with Gasteiger partial charge in [0.2, 0.25) is 0 Å². The number of fused-ring (bicyclic) bond motifs is 3. The molecule has 0 nitrogen and oxygen atoms in total. The monoisotopic (exact) mass is 368 g/mol. The fourth-order valence-electron chi connectivity index (χ4n) is 6.13. The van der Waals surface area contributed by atoms with Crippen molar-refractivity contribution in [1.82, 2.24) is 0 Å². The Labute approximate surface area is 147 Å². The van der Waals surface area contributed by atoms with E-state index >= 15 is 0 Å². The van der Waals surface area contributed by atoms with Gasteiger partial charge < -0.3 is 0 Å². The Morgan fingerprint density at radius 3 is 2.18 bits per heavy atom. The van der Waals surface area contributed by atoms with Gasteiger partial charge in [-0.3, -0.25) is 0 Å². The van der Waals surface area contributed by atoms with Crippen LogP contribution in [0, 0.1) is 29.6 Å². The minimum Gasteiger partial charge on any atom is -0.0891 e. The van der Waals surface area contributed by atoms with Crippen molar-refractivity contribution in [2.24, 2.45) is 29.6 Å². The molecule has 0 radical (unpaired) electrons. The topological polar surface area (TPSA) is 0 Å². The summed E-state index contributed by atoms with van der Waals surface area (Å²) in [6.07, 6.45) is 21.2. The van der Waals surface area contributed by atoms with Crippen molar-refractivity contribution in [3.05, 3.63) is 0 Å². The second kappa shape index (κ2) is 8.54. The summed E-state index contributed by atoms with van der Waals surface area (Å²) in [4.78, 5) is 0.838. The molecule has 128 valence electrons. The molecule has 0 aliphatic heterocycles. The first kappa shape index (κ1) is 17.3. The van der Waals surface area contributed by atoms with E-state index in [2.05, 4.69) is 22.9 Å². The summed E-state index contributed by atoms with van der Waals surface area (Å²) in [6, 6.07) is 0. The third-order valence-electron chi connectivity index (χ3n) is 7.30.